The molecule has 0 N–H and O–H groups in total. The van der Waals surface area contributed by atoms with Crippen LogP contribution in [0, 0.1) is 10.1 Å². The molecule has 0 aliphatic carbocycles. The molecule has 2 rings (SSSR count). The number of nitro groups is 1. The molecule has 0 aliphatic rings. The highest BCUT2D eigenvalue weighted by atomic mass is 79.9. The molecule has 0 aromatic carbocycles. The molecule has 0 radical (unpaired) electrons. The number of aryl methyl sites for hydroxylation is 1. The van der Waals surface area contributed by atoms with Gasteiger partial charge in [0.2, 0.25) is 0 Å². The molecule has 9 heteroatoms. The summed E-state index contributed by atoms with van der Waals surface area (Å²) in [4.78, 5) is 26.0. The van der Waals surface area contributed by atoms with Crippen molar-refractivity contribution in [3.05, 3.63) is 38.6 Å². The number of esters is 1. The lowest BCUT2D eigenvalue weighted by atomic mass is 10.2. The highest BCUT2D eigenvalue weighted by Gasteiger charge is 2.22. The van der Waals surface area contributed by atoms with Crippen LogP contribution in [0.4, 0.5) is 5.69 Å². The number of carbonyl (C=O) groups is 1. The number of halogens is 1. The third-order valence-electron chi connectivity index (χ3n) is 2.55. The lowest BCUT2D eigenvalue weighted by Gasteiger charge is -1.98. The van der Waals surface area contributed by atoms with E-state index < -0.39 is 10.9 Å². The highest BCUT2D eigenvalue weighted by molar-refractivity contribution is 9.10. The Morgan fingerprint density at radius 2 is 2.20 bits per heavy atom. The van der Waals surface area contributed by atoms with Crippen molar-refractivity contribution in [2.45, 2.75) is 0 Å². The standard InChI is InChI=1S/C11H9BrN4O4/c1-15-9(11(17)20-2)4-7(14-15)10-8(16(18)19)3-6(12)5-13-10/h3-5H,1-2H3. The van der Waals surface area contributed by atoms with E-state index >= 15 is 0 Å². The number of aromatic nitrogens is 3. The summed E-state index contributed by atoms with van der Waals surface area (Å²) in [6.07, 6.45) is 1.43. The van der Waals surface area contributed by atoms with E-state index in [0.717, 1.165) is 0 Å². The number of pyridine rings is 1. The zero-order valence-electron chi connectivity index (χ0n) is 10.5. The number of methoxy groups -OCH3 is 1. The maximum absolute atomic E-state index is 11.5. The van der Waals surface area contributed by atoms with Gasteiger partial charge in [0.25, 0.3) is 5.69 Å². The van der Waals surface area contributed by atoms with Crippen molar-refractivity contribution in [3.8, 4) is 11.4 Å². The van der Waals surface area contributed by atoms with Crippen LogP contribution in [0.2, 0.25) is 0 Å². The Labute approximate surface area is 121 Å². The Morgan fingerprint density at radius 3 is 2.80 bits per heavy atom. The monoisotopic (exact) mass is 340 g/mol. The lowest BCUT2D eigenvalue weighted by Crippen LogP contribution is -2.07. The molecule has 0 atom stereocenters. The van der Waals surface area contributed by atoms with Crippen LogP contribution < -0.4 is 0 Å². The van der Waals surface area contributed by atoms with E-state index in [4.69, 9.17) is 0 Å². The van der Waals surface area contributed by atoms with E-state index in [2.05, 4.69) is 30.7 Å². The Morgan fingerprint density at radius 1 is 1.50 bits per heavy atom. The fraction of sp³-hybridized carbons (Fsp3) is 0.182. The minimum atomic E-state index is -0.578. The van der Waals surface area contributed by atoms with Gasteiger partial charge in [-0.3, -0.25) is 14.8 Å². The third-order valence-corrected chi connectivity index (χ3v) is 2.98. The van der Waals surface area contributed by atoms with Crippen LogP contribution in [-0.2, 0) is 11.8 Å². The van der Waals surface area contributed by atoms with Crippen molar-refractivity contribution < 1.29 is 14.5 Å². The van der Waals surface area contributed by atoms with Gasteiger partial charge in [-0.15, -0.1) is 0 Å². The van der Waals surface area contributed by atoms with Crippen LogP contribution in [-0.4, -0.2) is 32.8 Å². The van der Waals surface area contributed by atoms with Crippen molar-refractivity contribution in [3.63, 3.8) is 0 Å². The van der Waals surface area contributed by atoms with Gasteiger partial charge in [-0.25, -0.2) is 9.78 Å². The molecular formula is C11H9BrN4O4. The van der Waals surface area contributed by atoms with Crippen LogP contribution >= 0.6 is 15.9 Å². The van der Waals surface area contributed by atoms with Gasteiger partial charge in [-0.2, -0.15) is 5.10 Å². The molecular weight excluding hydrogens is 332 g/mol. The molecule has 0 saturated heterocycles. The molecule has 0 aliphatic heterocycles. The predicted molar refractivity (Wildman–Crippen MR) is 72.1 cm³/mol. The normalized spacial score (nSPS) is 10.3. The van der Waals surface area contributed by atoms with Gasteiger partial charge in [-0.1, -0.05) is 0 Å². The largest absolute Gasteiger partial charge is 0.464 e. The topological polar surface area (TPSA) is 100 Å². The Bertz CT molecular complexity index is 698. The maximum Gasteiger partial charge on any atom is 0.356 e. The summed E-state index contributed by atoms with van der Waals surface area (Å²) in [6, 6.07) is 2.73. The highest BCUT2D eigenvalue weighted by Crippen LogP contribution is 2.29. The van der Waals surface area contributed by atoms with E-state index in [1.165, 1.54) is 30.1 Å². The van der Waals surface area contributed by atoms with Gasteiger partial charge in [0, 0.05) is 29.8 Å². The SMILES string of the molecule is COC(=O)c1cc(-c2ncc(Br)cc2[N+](=O)[O-])nn1C. The molecule has 104 valence electrons. The molecule has 0 saturated carbocycles. The Hall–Kier alpha value is -2.29. The smallest absolute Gasteiger partial charge is 0.356 e. The van der Waals surface area contributed by atoms with Crippen LogP contribution in [0.3, 0.4) is 0 Å². The molecule has 20 heavy (non-hydrogen) atoms. The number of rotatable bonds is 3. The van der Waals surface area contributed by atoms with Crippen LogP contribution in [0.25, 0.3) is 11.4 Å². The molecule has 0 unspecified atom stereocenters. The molecule has 2 aromatic heterocycles. The summed E-state index contributed by atoms with van der Waals surface area (Å²) in [6.45, 7) is 0. The molecule has 8 nitrogen and oxygen atoms in total. The summed E-state index contributed by atoms with van der Waals surface area (Å²) in [5, 5.41) is 15.1. The van der Waals surface area contributed by atoms with Crippen molar-refractivity contribution in [2.24, 2.45) is 7.05 Å². The van der Waals surface area contributed by atoms with E-state index in [0.29, 0.717) is 4.47 Å². The number of nitrogens with zero attached hydrogens (tertiary/aromatic N) is 4. The predicted octanol–water partition coefficient (Wildman–Crippen LogP) is 1.94. The molecule has 0 fully saturated rings. The third kappa shape index (κ3) is 2.52. The summed E-state index contributed by atoms with van der Waals surface area (Å²) in [5.74, 6) is -0.578. The van der Waals surface area contributed by atoms with E-state index in [-0.39, 0.29) is 22.8 Å². The molecule has 2 heterocycles. The van der Waals surface area contributed by atoms with Crippen molar-refractivity contribution in [1.29, 1.82) is 0 Å². The van der Waals surface area contributed by atoms with E-state index in [1.807, 2.05) is 0 Å². The zero-order valence-corrected chi connectivity index (χ0v) is 12.1. The van der Waals surface area contributed by atoms with E-state index in [9.17, 15) is 14.9 Å². The molecule has 2 aromatic rings. The van der Waals surface area contributed by atoms with Gasteiger partial charge in [-0.05, 0) is 15.9 Å². The number of hydrogen-bond donors (Lipinski definition) is 0. The van der Waals surface area contributed by atoms with Gasteiger partial charge < -0.3 is 4.74 Å². The summed E-state index contributed by atoms with van der Waals surface area (Å²) in [5.41, 5.74) is 0.298. The Balaban J connectivity index is 2.58. The van der Waals surface area contributed by atoms with Crippen molar-refractivity contribution in [2.75, 3.05) is 7.11 Å². The molecule has 0 amide bonds. The summed E-state index contributed by atoms with van der Waals surface area (Å²) >= 11 is 3.12. The Kier molecular flexibility index (Phi) is 3.79. The summed E-state index contributed by atoms with van der Waals surface area (Å²) < 4.78 is 6.37. The van der Waals surface area contributed by atoms with Crippen LogP contribution in [0.15, 0.2) is 22.8 Å². The second kappa shape index (κ2) is 5.37. The number of carbonyl (C=O) groups excluding carboxylic acids is 1. The zero-order chi connectivity index (χ0) is 14.9. The molecule has 0 bridgehead atoms. The average molecular weight is 341 g/mol. The first-order valence-electron chi connectivity index (χ1n) is 5.36. The van der Waals surface area contributed by atoms with Gasteiger partial charge >= 0.3 is 5.97 Å². The second-order valence-electron chi connectivity index (χ2n) is 3.81. The lowest BCUT2D eigenvalue weighted by molar-refractivity contribution is -0.384. The first-order chi connectivity index (χ1) is 9.43. The average Bonchev–Trinajstić information content (AvgIpc) is 2.79. The minimum Gasteiger partial charge on any atom is -0.464 e. The fourth-order valence-electron chi connectivity index (χ4n) is 1.64. The van der Waals surface area contributed by atoms with Crippen LogP contribution in [0.1, 0.15) is 10.5 Å². The van der Waals surface area contributed by atoms with Crippen molar-refractivity contribution in [1.82, 2.24) is 14.8 Å². The number of hydrogen-bond acceptors (Lipinski definition) is 6. The quantitative estimate of drug-likeness (QED) is 0.480. The first kappa shape index (κ1) is 14.1. The second-order valence-corrected chi connectivity index (χ2v) is 4.72. The number of ether oxygens (including phenoxy) is 1. The molecule has 0 spiro atoms. The van der Waals surface area contributed by atoms with Gasteiger partial charge in [0.05, 0.1) is 12.0 Å². The maximum atomic E-state index is 11.5. The fourth-order valence-corrected chi connectivity index (χ4v) is 1.96. The van der Waals surface area contributed by atoms with Gasteiger partial charge in [0.1, 0.15) is 11.4 Å². The summed E-state index contributed by atoms with van der Waals surface area (Å²) in [7, 11) is 2.79. The van der Waals surface area contributed by atoms with E-state index in [1.54, 1.807) is 7.05 Å². The van der Waals surface area contributed by atoms with Gasteiger partial charge in [0.15, 0.2) is 5.69 Å². The van der Waals surface area contributed by atoms with Crippen LogP contribution in [0.5, 0.6) is 0 Å². The first-order valence-corrected chi connectivity index (χ1v) is 6.16. The minimum absolute atomic E-state index is 0.0870. The van der Waals surface area contributed by atoms with Crippen molar-refractivity contribution >= 4 is 27.6 Å².